The van der Waals surface area contributed by atoms with Crippen LogP contribution in [0.15, 0.2) is 40.9 Å². The van der Waals surface area contributed by atoms with Crippen LogP contribution < -0.4 is 10.5 Å². The van der Waals surface area contributed by atoms with Gasteiger partial charge < -0.3 is 10.5 Å². The second kappa shape index (κ2) is 6.57. The van der Waals surface area contributed by atoms with Crippen molar-refractivity contribution in [3.63, 3.8) is 0 Å². The van der Waals surface area contributed by atoms with Crippen molar-refractivity contribution in [1.82, 2.24) is 0 Å². The van der Waals surface area contributed by atoms with E-state index in [1.165, 1.54) is 13.2 Å². The minimum absolute atomic E-state index is 0.226. The Bertz CT molecular complexity index is 621. The number of benzene rings is 2. The first kappa shape index (κ1) is 15.3. The van der Waals surface area contributed by atoms with Gasteiger partial charge in [0.25, 0.3) is 0 Å². The van der Waals surface area contributed by atoms with E-state index in [0.29, 0.717) is 11.4 Å². The minimum Gasteiger partial charge on any atom is -0.494 e. The lowest BCUT2D eigenvalue weighted by molar-refractivity contribution is 0.386. The number of halogens is 3. The summed E-state index contributed by atoms with van der Waals surface area (Å²) in [5.41, 5.74) is 7.91. The average Bonchev–Trinajstić information content (AvgIpc) is 2.42. The summed E-state index contributed by atoms with van der Waals surface area (Å²) in [6.07, 6.45) is 0.537. The summed E-state index contributed by atoms with van der Waals surface area (Å²) in [5, 5.41) is 0.636. The van der Waals surface area contributed by atoms with Gasteiger partial charge in [-0.05, 0) is 57.7 Å². The molecule has 2 aromatic carbocycles. The fourth-order valence-corrected chi connectivity index (χ4v) is 2.47. The van der Waals surface area contributed by atoms with Crippen molar-refractivity contribution in [3.05, 3.63) is 62.8 Å². The van der Waals surface area contributed by atoms with Crippen molar-refractivity contribution in [1.29, 1.82) is 0 Å². The van der Waals surface area contributed by atoms with Crippen LogP contribution in [0, 0.1) is 5.82 Å². The van der Waals surface area contributed by atoms with E-state index < -0.39 is 0 Å². The first-order valence-electron chi connectivity index (χ1n) is 6.04. The lowest BCUT2D eigenvalue weighted by Crippen LogP contribution is -2.13. The van der Waals surface area contributed by atoms with E-state index in [-0.39, 0.29) is 17.6 Å². The lowest BCUT2D eigenvalue weighted by atomic mass is 9.99. The maximum atomic E-state index is 13.6. The highest BCUT2D eigenvalue weighted by atomic mass is 79.9. The SMILES string of the molecule is COc1ccc(CC(N)c2ccc(Cl)c(Br)c2)cc1F. The summed E-state index contributed by atoms with van der Waals surface area (Å²) in [6, 6.07) is 10.2. The van der Waals surface area contributed by atoms with Crippen LogP contribution in [0.2, 0.25) is 5.02 Å². The van der Waals surface area contributed by atoms with Gasteiger partial charge in [0.15, 0.2) is 11.6 Å². The zero-order chi connectivity index (χ0) is 14.7. The molecule has 2 rings (SSSR count). The Labute approximate surface area is 130 Å². The Morgan fingerprint density at radius 3 is 2.65 bits per heavy atom. The molecule has 0 aromatic heterocycles. The van der Waals surface area contributed by atoms with Crippen LogP contribution >= 0.6 is 27.5 Å². The predicted molar refractivity (Wildman–Crippen MR) is 82.7 cm³/mol. The molecule has 20 heavy (non-hydrogen) atoms. The largest absolute Gasteiger partial charge is 0.494 e. The van der Waals surface area contributed by atoms with Crippen molar-refractivity contribution >= 4 is 27.5 Å². The highest BCUT2D eigenvalue weighted by molar-refractivity contribution is 9.10. The van der Waals surface area contributed by atoms with Crippen LogP contribution in [-0.4, -0.2) is 7.11 Å². The van der Waals surface area contributed by atoms with E-state index in [4.69, 9.17) is 22.1 Å². The Balaban J connectivity index is 2.16. The van der Waals surface area contributed by atoms with Gasteiger partial charge in [-0.1, -0.05) is 23.7 Å². The van der Waals surface area contributed by atoms with Crippen molar-refractivity contribution < 1.29 is 9.13 Å². The fourth-order valence-electron chi connectivity index (χ4n) is 1.95. The van der Waals surface area contributed by atoms with Gasteiger partial charge in [0.1, 0.15) is 0 Å². The number of hydrogen-bond donors (Lipinski definition) is 1. The smallest absolute Gasteiger partial charge is 0.165 e. The fraction of sp³-hybridized carbons (Fsp3) is 0.200. The first-order chi connectivity index (χ1) is 9.51. The van der Waals surface area contributed by atoms with Crippen LogP contribution in [0.4, 0.5) is 4.39 Å². The summed E-state index contributed by atoms with van der Waals surface area (Å²) in [4.78, 5) is 0. The Morgan fingerprint density at radius 2 is 2.05 bits per heavy atom. The van der Waals surface area contributed by atoms with Crippen LogP contribution in [0.25, 0.3) is 0 Å². The molecule has 0 aliphatic carbocycles. The molecule has 1 unspecified atom stereocenters. The number of nitrogens with two attached hydrogens (primary N) is 1. The summed E-state index contributed by atoms with van der Waals surface area (Å²) in [6.45, 7) is 0. The minimum atomic E-state index is -0.380. The molecule has 2 N–H and O–H groups in total. The number of rotatable bonds is 4. The van der Waals surface area contributed by atoms with E-state index in [1.54, 1.807) is 12.1 Å². The molecule has 2 nitrogen and oxygen atoms in total. The van der Waals surface area contributed by atoms with Gasteiger partial charge in [0.2, 0.25) is 0 Å². The topological polar surface area (TPSA) is 35.2 Å². The normalized spacial score (nSPS) is 12.2. The van der Waals surface area contributed by atoms with Crippen LogP contribution in [0.5, 0.6) is 5.75 Å². The second-order valence-electron chi connectivity index (χ2n) is 4.45. The zero-order valence-electron chi connectivity index (χ0n) is 10.9. The third-order valence-electron chi connectivity index (χ3n) is 3.04. The van der Waals surface area contributed by atoms with Gasteiger partial charge in [-0.25, -0.2) is 4.39 Å². The molecule has 106 valence electrons. The standard InChI is InChI=1S/C15H14BrClFNO/c1-20-15-5-2-9(6-13(15)18)7-14(19)10-3-4-12(17)11(16)8-10/h2-6,8,14H,7,19H2,1H3. The molecule has 2 aromatic rings. The molecule has 0 radical (unpaired) electrons. The highest BCUT2D eigenvalue weighted by Crippen LogP contribution is 2.27. The van der Waals surface area contributed by atoms with Crippen LogP contribution in [-0.2, 0) is 6.42 Å². The quantitative estimate of drug-likeness (QED) is 0.874. The Kier molecular flexibility index (Phi) is 5.02. The molecule has 0 aliphatic rings. The van der Waals surface area contributed by atoms with E-state index in [0.717, 1.165) is 15.6 Å². The predicted octanol–water partition coefficient (Wildman–Crippen LogP) is 4.49. The summed E-state index contributed by atoms with van der Waals surface area (Å²) in [5.74, 6) is -0.147. The average molecular weight is 359 g/mol. The number of ether oxygens (including phenoxy) is 1. The maximum Gasteiger partial charge on any atom is 0.165 e. The number of hydrogen-bond acceptors (Lipinski definition) is 2. The van der Waals surface area contributed by atoms with E-state index in [9.17, 15) is 4.39 Å². The monoisotopic (exact) mass is 357 g/mol. The van der Waals surface area contributed by atoms with Crippen molar-refractivity contribution in [2.75, 3.05) is 7.11 Å². The molecule has 0 amide bonds. The van der Waals surface area contributed by atoms with Gasteiger partial charge in [-0.15, -0.1) is 0 Å². The molecule has 0 saturated heterocycles. The maximum absolute atomic E-state index is 13.6. The van der Waals surface area contributed by atoms with E-state index >= 15 is 0 Å². The molecular weight excluding hydrogens is 345 g/mol. The van der Waals surface area contributed by atoms with Gasteiger partial charge in [0, 0.05) is 10.5 Å². The van der Waals surface area contributed by atoms with E-state index in [2.05, 4.69) is 15.9 Å². The van der Waals surface area contributed by atoms with Gasteiger partial charge >= 0.3 is 0 Å². The van der Waals surface area contributed by atoms with Gasteiger partial charge in [-0.3, -0.25) is 0 Å². The third kappa shape index (κ3) is 3.51. The molecule has 0 fully saturated rings. The number of methoxy groups -OCH3 is 1. The van der Waals surface area contributed by atoms with Crippen molar-refractivity contribution in [2.24, 2.45) is 5.73 Å². The molecule has 5 heteroatoms. The molecule has 0 aliphatic heterocycles. The Morgan fingerprint density at radius 1 is 1.30 bits per heavy atom. The molecule has 1 atom stereocenters. The van der Waals surface area contributed by atoms with Crippen LogP contribution in [0.1, 0.15) is 17.2 Å². The molecule has 0 heterocycles. The molecule has 0 saturated carbocycles. The Hall–Kier alpha value is -1.10. The second-order valence-corrected chi connectivity index (χ2v) is 5.71. The van der Waals surface area contributed by atoms with Gasteiger partial charge in [-0.2, -0.15) is 0 Å². The molecule has 0 spiro atoms. The zero-order valence-corrected chi connectivity index (χ0v) is 13.2. The van der Waals surface area contributed by atoms with Crippen molar-refractivity contribution in [3.8, 4) is 5.75 Å². The van der Waals surface area contributed by atoms with E-state index in [1.807, 2.05) is 18.2 Å². The molecular formula is C15H14BrClFNO. The van der Waals surface area contributed by atoms with Gasteiger partial charge in [0.05, 0.1) is 12.1 Å². The third-order valence-corrected chi connectivity index (χ3v) is 4.26. The van der Waals surface area contributed by atoms with Crippen molar-refractivity contribution in [2.45, 2.75) is 12.5 Å². The highest BCUT2D eigenvalue weighted by Gasteiger charge is 2.11. The summed E-state index contributed by atoms with van der Waals surface area (Å²) < 4.78 is 19.3. The summed E-state index contributed by atoms with van der Waals surface area (Å²) in [7, 11) is 1.44. The molecule has 0 bridgehead atoms. The first-order valence-corrected chi connectivity index (χ1v) is 7.21. The summed E-state index contributed by atoms with van der Waals surface area (Å²) >= 11 is 9.31. The lowest BCUT2D eigenvalue weighted by Gasteiger charge is -2.13. The van der Waals surface area contributed by atoms with Crippen LogP contribution in [0.3, 0.4) is 0 Å².